The lowest BCUT2D eigenvalue weighted by atomic mass is 9.96. The van der Waals surface area contributed by atoms with Crippen LogP contribution >= 0.6 is 0 Å². The van der Waals surface area contributed by atoms with E-state index in [4.69, 9.17) is 5.11 Å². The van der Waals surface area contributed by atoms with Crippen molar-refractivity contribution in [2.24, 2.45) is 11.8 Å². The molecule has 11 heteroatoms. The summed E-state index contributed by atoms with van der Waals surface area (Å²) in [6.07, 6.45) is -3.88. The SMILES string of the molecule is O=C(O)[C@@H]1CN(C(=O)c2cn[nH]c2-c2c(F)cccc2F)C[C@H]1C(F)(F)F. The third-order valence-electron chi connectivity index (χ3n) is 4.43. The number of benzene rings is 1. The molecule has 144 valence electrons. The zero-order valence-electron chi connectivity index (χ0n) is 13.4. The van der Waals surface area contributed by atoms with Gasteiger partial charge in [-0.05, 0) is 12.1 Å². The normalized spacial score (nSPS) is 20.1. The van der Waals surface area contributed by atoms with E-state index in [2.05, 4.69) is 10.2 Å². The zero-order chi connectivity index (χ0) is 19.9. The Morgan fingerprint density at radius 3 is 2.33 bits per heavy atom. The number of amides is 1. The highest BCUT2D eigenvalue weighted by atomic mass is 19.4. The van der Waals surface area contributed by atoms with Crippen molar-refractivity contribution in [1.82, 2.24) is 15.1 Å². The summed E-state index contributed by atoms with van der Waals surface area (Å²) >= 11 is 0. The van der Waals surface area contributed by atoms with Crippen molar-refractivity contribution < 1.29 is 36.6 Å². The molecule has 0 spiro atoms. The summed E-state index contributed by atoms with van der Waals surface area (Å²) in [7, 11) is 0. The predicted molar refractivity (Wildman–Crippen MR) is 80.5 cm³/mol. The summed E-state index contributed by atoms with van der Waals surface area (Å²) in [6, 6.07) is 3.00. The lowest BCUT2D eigenvalue weighted by Gasteiger charge is -2.18. The van der Waals surface area contributed by atoms with Crippen LogP contribution in [-0.2, 0) is 4.79 Å². The molecule has 0 unspecified atom stereocenters. The zero-order valence-corrected chi connectivity index (χ0v) is 13.4. The molecule has 0 radical (unpaired) electrons. The van der Waals surface area contributed by atoms with Gasteiger partial charge in [0.05, 0.1) is 34.9 Å². The number of aromatic amines is 1. The van der Waals surface area contributed by atoms with Gasteiger partial charge in [0.25, 0.3) is 5.91 Å². The third kappa shape index (κ3) is 3.36. The number of carbonyl (C=O) groups is 2. The van der Waals surface area contributed by atoms with Crippen LogP contribution in [0.4, 0.5) is 22.0 Å². The van der Waals surface area contributed by atoms with E-state index in [0.29, 0.717) is 4.90 Å². The Balaban J connectivity index is 1.95. The first-order chi connectivity index (χ1) is 12.6. The van der Waals surface area contributed by atoms with Crippen molar-refractivity contribution in [3.8, 4) is 11.3 Å². The van der Waals surface area contributed by atoms with E-state index in [1.165, 1.54) is 0 Å². The van der Waals surface area contributed by atoms with Crippen LogP contribution in [0.2, 0.25) is 0 Å². The summed E-state index contributed by atoms with van der Waals surface area (Å²) < 4.78 is 67.2. The van der Waals surface area contributed by atoms with Crippen LogP contribution in [0.1, 0.15) is 10.4 Å². The summed E-state index contributed by atoms with van der Waals surface area (Å²) in [5.74, 6) is -8.73. The monoisotopic (exact) mass is 389 g/mol. The van der Waals surface area contributed by atoms with Gasteiger partial charge in [0.2, 0.25) is 0 Å². The van der Waals surface area contributed by atoms with Gasteiger partial charge in [0.1, 0.15) is 11.6 Å². The van der Waals surface area contributed by atoms with E-state index in [0.717, 1.165) is 24.4 Å². The second-order valence-corrected chi connectivity index (χ2v) is 6.06. The van der Waals surface area contributed by atoms with E-state index in [9.17, 15) is 31.5 Å². The number of carbonyl (C=O) groups excluding carboxylic acids is 1. The summed E-state index contributed by atoms with van der Waals surface area (Å²) in [5.41, 5.74) is -1.27. The van der Waals surface area contributed by atoms with Crippen LogP contribution in [0.3, 0.4) is 0 Å². The molecule has 1 aromatic heterocycles. The topological polar surface area (TPSA) is 86.3 Å². The molecule has 0 bridgehead atoms. The fourth-order valence-electron chi connectivity index (χ4n) is 3.10. The molecule has 2 heterocycles. The average Bonchev–Trinajstić information content (AvgIpc) is 3.21. The molecule has 1 aliphatic rings. The summed E-state index contributed by atoms with van der Waals surface area (Å²) in [5, 5.41) is 14.8. The largest absolute Gasteiger partial charge is 0.481 e. The van der Waals surface area contributed by atoms with Crippen molar-refractivity contribution in [1.29, 1.82) is 0 Å². The molecule has 0 aliphatic carbocycles. The number of likely N-dealkylation sites (tertiary alicyclic amines) is 1. The van der Waals surface area contributed by atoms with Crippen molar-refractivity contribution in [2.45, 2.75) is 6.18 Å². The van der Waals surface area contributed by atoms with E-state index in [-0.39, 0.29) is 11.3 Å². The molecular formula is C16H12F5N3O3. The molecule has 1 aliphatic heterocycles. The summed E-state index contributed by atoms with van der Waals surface area (Å²) in [4.78, 5) is 24.5. The van der Waals surface area contributed by atoms with Crippen molar-refractivity contribution in [2.75, 3.05) is 13.1 Å². The van der Waals surface area contributed by atoms with Gasteiger partial charge in [-0.15, -0.1) is 0 Å². The molecule has 27 heavy (non-hydrogen) atoms. The minimum atomic E-state index is -4.81. The number of nitrogens with one attached hydrogen (secondary N) is 1. The maximum atomic E-state index is 14.0. The quantitative estimate of drug-likeness (QED) is 0.791. The van der Waals surface area contributed by atoms with Crippen LogP contribution < -0.4 is 0 Å². The molecule has 2 atom stereocenters. The first kappa shape index (κ1) is 18.8. The third-order valence-corrected chi connectivity index (χ3v) is 4.43. The number of H-pyrrole nitrogens is 1. The van der Waals surface area contributed by atoms with Crippen LogP contribution in [0.25, 0.3) is 11.3 Å². The first-order valence-corrected chi connectivity index (χ1v) is 7.67. The standard InChI is InChI=1S/C16H12F5N3O3/c17-10-2-1-3-11(18)12(10)13-7(4-22-23-13)14(25)24-5-8(15(26)27)9(6-24)16(19,20)21/h1-4,8-9H,5-6H2,(H,22,23)(H,26,27)/t8-,9-/m1/s1. The molecule has 1 aromatic carbocycles. The Bertz CT molecular complexity index is 875. The number of carboxylic acids is 1. The second-order valence-electron chi connectivity index (χ2n) is 6.06. The van der Waals surface area contributed by atoms with E-state index in [1.54, 1.807) is 0 Å². The number of hydrogen-bond acceptors (Lipinski definition) is 3. The van der Waals surface area contributed by atoms with E-state index in [1.807, 2.05) is 0 Å². The highest BCUT2D eigenvalue weighted by molar-refractivity contribution is 6.00. The van der Waals surface area contributed by atoms with Crippen LogP contribution in [0.15, 0.2) is 24.4 Å². The average molecular weight is 389 g/mol. The molecule has 1 amide bonds. The number of hydrogen-bond donors (Lipinski definition) is 2. The van der Waals surface area contributed by atoms with Gasteiger partial charge in [-0.1, -0.05) is 6.07 Å². The van der Waals surface area contributed by atoms with Gasteiger partial charge < -0.3 is 10.0 Å². The van der Waals surface area contributed by atoms with Gasteiger partial charge in [-0.2, -0.15) is 18.3 Å². The van der Waals surface area contributed by atoms with Gasteiger partial charge in [0.15, 0.2) is 0 Å². The number of carboxylic acid groups (broad SMARTS) is 1. The molecule has 1 fully saturated rings. The summed E-state index contributed by atoms with van der Waals surface area (Å²) in [6.45, 7) is -1.55. The molecule has 3 rings (SSSR count). The highest BCUT2D eigenvalue weighted by Gasteiger charge is 2.53. The smallest absolute Gasteiger partial charge is 0.394 e. The first-order valence-electron chi connectivity index (χ1n) is 7.67. The number of nitrogens with zero attached hydrogens (tertiary/aromatic N) is 2. The molecule has 6 nitrogen and oxygen atoms in total. The number of aromatic nitrogens is 2. The lowest BCUT2D eigenvalue weighted by Crippen LogP contribution is -2.34. The Morgan fingerprint density at radius 2 is 1.81 bits per heavy atom. The van der Waals surface area contributed by atoms with Crippen LogP contribution in [0, 0.1) is 23.5 Å². The fourth-order valence-corrected chi connectivity index (χ4v) is 3.10. The minimum absolute atomic E-state index is 0.335. The Labute approximate surface area is 148 Å². The Kier molecular flexibility index (Phi) is 4.62. The number of alkyl halides is 3. The molecule has 0 saturated carbocycles. The van der Waals surface area contributed by atoms with Gasteiger partial charge in [-0.25, -0.2) is 8.78 Å². The predicted octanol–water partition coefficient (Wildman–Crippen LogP) is 2.69. The van der Waals surface area contributed by atoms with E-state index >= 15 is 0 Å². The van der Waals surface area contributed by atoms with Crippen molar-refractivity contribution >= 4 is 11.9 Å². The Morgan fingerprint density at radius 1 is 1.19 bits per heavy atom. The van der Waals surface area contributed by atoms with Gasteiger partial charge in [0, 0.05) is 13.1 Å². The second kappa shape index (κ2) is 6.63. The van der Waals surface area contributed by atoms with Crippen molar-refractivity contribution in [3.05, 3.63) is 41.6 Å². The van der Waals surface area contributed by atoms with Gasteiger partial charge >= 0.3 is 12.1 Å². The number of rotatable bonds is 3. The number of aliphatic carboxylic acids is 1. The molecule has 2 N–H and O–H groups in total. The fraction of sp³-hybridized carbons (Fsp3) is 0.312. The minimum Gasteiger partial charge on any atom is -0.481 e. The van der Waals surface area contributed by atoms with Gasteiger partial charge in [-0.3, -0.25) is 14.7 Å². The highest BCUT2D eigenvalue weighted by Crippen LogP contribution is 2.38. The number of halogens is 5. The van der Waals surface area contributed by atoms with Crippen LogP contribution in [-0.4, -0.2) is 51.3 Å². The van der Waals surface area contributed by atoms with Crippen molar-refractivity contribution in [3.63, 3.8) is 0 Å². The maximum absolute atomic E-state index is 14.0. The molecule has 1 saturated heterocycles. The molecule has 2 aromatic rings. The Hall–Kier alpha value is -2.98. The van der Waals surface area contributed by atoms with E-state index < -0.39 is 60.2 Å². The molecular weight excluding hydrogens is 377 g/mol. The lowest BCUT2D eigenvalue weighted by molar-refractivity contribution is -0.187. The maximum Gasteiger partial charge on any atom is 0.394 e. The van der Waals surface area contributed by atoms with Crippen LogP contribution in [0.5, 0.6) is 0 Å².